The number of hydrogen-bond acceptors (Lipinski definition) is 4. The molecule has 0 saturated carbocycles. The van der Waals surface area contributed by atoms with Gasteiger partial charge in [0, 0.05) is 36.6 Å². The number of aryl methyl sites for hydroxylation is 1. The van der Waals surface area contributed by atoms with Crippen LogP contribution in [0.25, 0.3) is 11.5 Å². The summed E-state index contributed by atoms with van der Waals surface area (Å²) in [6.45, 7) is 2.47. The molecule has 3 aromatic rings. The number of hydrogen-bond donors (Lipinski definition) is 0. The third-order valence-electron chi connectivity index (χ3n) is 4.21. The van der Waals surface area contributed by atoms with Crippen molar-refractivity contribution in [1.82, 2.24) is 14.9 Å². The van der Waals surface area contributed by atoms with E-state index >= 15 is 0 Å². The number of amides is 1. The number of benzene rings is 1. The van der Waals surface area contributed by atoms with E-state index in [-0.39, 0.29) is 12.3 Å². The minimum absolute atomic E-state index is 0.0121. The Morgan fingerprint density at radius 3 is 2.54 bits per heavy atom. The van der Waals surface area contributed by atoms with Crippen molar-refractivity contribution in [3.63, 3.8) is 0 Å². The first-order valence-corrected chi connectivity index (χ1v) is 8.76. The molecule has 134 valence electrons. The highest BCUT2D eigenvalue weighted by Gasteiger charge is 2.17. The van der Waals surface area contributed by atoms with Crippen molar-refractivity contribution in [2.24, 2.45) is 0 Å². The van der Waals surface area contributed by atoms with Crippen molar-refractivity contribution in [1.29, 1.82) is 0 Å². The first-order chi connectivity index (χ1) is 12.5. The highest BCUT2D eigenvalue weighted by atomic mass is 35.5. The van der Waals surface area contributed by atoms with Gasteiger partial charge in [0.05, 0.1) is 12.1 Å². The predicted octanol–water partition coefficient (Wildman–Crippen LogP) is 3.94. The van der Waals surface area contributed by atoms with Crippen molar-refractivity contribution >= 4 is 17.5 Å². The molecule has 5 nitrogen and oxygen atoms in total. The van der Waals surface area contributed by atoms with E-state index in [9.17, 15) is 4.79 Å². The van der Waals surface area contributed by atoms with Crippen LogP contribution in [0.2, 0.25) is 5.02 Å². The summed E-state index contributed by atoms with van der Waals surface area (Å²) in [4.78, 5) is 22.7. The lowest BCUT2D eigenvalue weighted by Gasteiger charge is -2.16. The molecule has 0 bridgehead atoms. The van der Waals surface area contributed by atoms with Gasteiger partial charge in [-0.3, -0.25) is 9.78 Å². The van der Waals surface area contributed by atoms with E-state index in [2.05, 4.69) is 9.97 Å². The molecule has 6 heteroatoms. The summed E-state index contributed by atoms with van der Waals surface area (Å²) >= 11 is 5.91. The second kappa shape index (κ2) is 8.15. The van der Waals surface area contributed by atoms with Crippen LogP contribution in [0.4, 0.5) is 0 Å². The lowest BCUT2D eigenvalue weighted by molar-refractivity contribution is -0.129. The standard InChI is InChI=1S/C20H20ClN3O2/c1-14-18(23-20(26-14)16-3-5-17(21)6-4-16)13-19(25)24(2)12-9-15-7-10-22-11-8-15/h3-8,10-11H,9,12-13H2,1-2H3. The van der Waals surface area contributed by atoms with Crippen LogP contribution in [0, 0.1) is 6.92 Å². The molecule has 0 unspecified atom stereocenters. The molecule has 2 heterocycles. The maximum Gasteiger partial charge on any atom is 0.228 e. The predicted molar refractivity (Wildman–Crippen MR) is 101 cm³/mol. The zero-order chi connectivity index (χ0) is 18.5. The molecule has 1 aromatic carbocycles. The molecule has 2 aromatic heterocycles. The van der Waals surface area contributed by atoms with Gasteiger partial charge in [0.1, 0.15) is 5.76 Å². The smallest absolute Gasteiger partial charge is 0.228 e. The van der Waals surface area contributed by atoms with Crippen molar-refractivity contribution in [2.75, 3.05) is 13.6 Å². The molecule has 0 aliphatic carbocycles. The summed E-state index contributed by atoms with van der Waals surface area (Å²) in [6.07, 6.45) is 4.52. The van der Waals surface area contributed by atoms with Crippen LogP contribution in [-0.2, 0) is 17.6 Å². The number of halogens is 1. The quantitative estimate of drug-likeness (QED) is 0.660. The Labute approximate surface area is 157 Å². The van der Waals surface area contributed by atoms with Crippen molar-refractivity contribution < 1.29 is 9.21 Å². The first kappa shape index (κ1) is 18.1. The molecule has 0 N–H and O–H groups in total. The molecular formula is C20H20ClN3O2. The fourth-order valence-corrected chi connectivity index (χ4v) is 2.68. The van der Waals surface area contributed by atoms with Crippen LogP contribution in [0.5, 0.6) is 0 Å². The Kier molecular flexibility index (Phi) is 5.68. The Morgan fingerprint density at radius 1 is 1.15 bits per heavy atom. The van der Waals surface area contributed by atoms with Crippen LogP contribution in [0.15, 0.2) is 53.2 Å². The van der Waals surface area contributed by atoms with Crippen LogP contribution in [-0.4, -0.2) is 34.4 Å². The van der Waals surface area contributed by atoms with Crippen LogP contribution in [0.3, 0.4) is 0 Å². The van der Waals surface area contributed by atoms with Gasteiger partial charge >= 0.3 is 0 Å². The van der Waals surface area contributed by atoms with E-state index in [1.807, 2.05) is 31.2 Å². The maximum absolute atomic E-state index is 12.5. The second-order valence-electron chi connectivity index (χ2n) is 6.13. The monoisotopic (exact) mass is 369 g/mol. The minimum Gasteiger partial charge on any atom is -0.441 e. The van der Waals surface area contributed by atoms with Gasteiger partial charge in [-0.05, 0) is 55.3 Å². The number of likely N-dealkylation sites (N-methyl/N-ethyl adjacent to an activating group) is 1. The molecular weight excluding hydrogens is 350 g/mol. The topological polar surface area (TPSA) is 59.2 Å². The molecule has 0 saturated heterocycles. The minimum atomic E-state index is 0.0121. The number of pyridine rings is 1. The Hall–Kier alpha value is -2.66. The third-order valence-corrected chi connectivity index (χ3v) is 4.47. The summed E-state index contributed by atoms with van der Waals surface area (Å²) < 4.78 is 5.72. The largest absolute Gasteiger partial charge is 0.441 e. The highest BCUT2D eigenvalue weighted by molar-refractivity contribution is 6.30. The lowest BCUT2D eigenvalue weighted by atomic mass is 10.2. The Morgan fingerprint density at radius 2 is 1.85 bits per heavy atom. The van der Waals surface area contributed by atoms with Crippen molar-refractivity contribution in [2.45, 2.75) is 19.8 Å². The Balaban J connectivity index is 1.62. The van der Waals surface area contributed by atoms with Crippen LogP contribution in [0.1, 0.15) is 17.0 Å². The van der Waals surface area contributed by atoms with Gasteiger partial charge in [-0.15, -0.1) is 0 Å². The Bertz CT molecular complexity index is 876. The molecule has 0 spiro atoms. The summed E-state index contributed by atoms with van der Waals surface area (Å²) in [5, 5.41) is 0.656. The van der Waals surface area contributed by atoms with E-state index in [0.29, 0.717) is 28.9 Å². The molecule has 0 fully saturated rings. The number of oxazole rings is 1. The van der Waals surface area contributed by atoms with Crippen LogP contribution < -0.4 is 0 Å². The molecule has 26 heavy (non-hydrogen) atoms. The van der Waals surface area contributed by atoms with Gasteiger partial charge in [-0.25, -0.2) is 4.98 Å². The molecule has 0 aliphatic rings. The number of carbonyl (C=O) groups is 1. The SMILES string of the molecule is Cc1oc(-c2ccc(Cl)cc2)nc1CC(=O)N(C)CCc1ccncc1. The summed E-state index contributed by atoms with van der Waals surface area (Å²) in [6, 6.07) is 11.2. The van der Waals surface area contributed by atoms with Gasteiger partial charge in [0.2, 0.25) is 11.8 Å². The molecule has 0 aliphatic heterocycles. The fraction of sp³-hybridized carbons (Fsp3) is 0.250. The van der Waals surface area contributed by atoms with Gasteiger partial charge in [-0.2, -0.15) is 0 Å². The molecule has 0 radical (unpaired) electrons. The summed E-state index contributed by atoms with van der Waals surface area (Å²) in [7, 11) is 1.80. The van der Waals surface area contributed by atoms with Crippen molar-refractivity contribution in [3.05, 3.63) is 70.8 Å². The normalized spacial score (nSPS) is 10.7. The molecule has 0 atom stereocenters. The number of nitrogens with zero attached hydrogens (tertiary/aromatic N) is 3. The van der Waals surface area contributed by atoms with Crippen LogP contribution >= 0.6 is 11.6 Å². The second-order valence-corrected chi connectivity index (χ2v) is 6.56. The molecule has 1 amide bonds. The van der Waals surface area contributed by atoms with Gasteiger partial charge in [-0.1, -0.05) is 11.6 Å². The fourth-order valence-electron chi connectivity index (χ4n) is 2.56. The first-order valence-electron chi connectivity index (χ1n) is 8.38. The summed E-state index contributed by atoms with van der Waals surface area (Å²) in [5.74, 6) is 1.17. The number of rotatable bonds is 6. The van der Waals surface area contributed by atoms with E-state index in [4.69, 9.17) is 16.0 Å². The van der Waals surface area contributed by atoms with E-state index < -0.39 is 0 Å². The maximum atomic E-state index is 12.5. The molecule has 3 rings (SSSR count). The van der Waals surface area contributed by atoms with Gasteiger partial charge in [0.25, 0.3) is 0 Å². The summed E-state index contributed by atoms with van der Waals surface area (Å²) in [5.41, 5.74) is 2.65. The average Bonchev–Trinajstić information content (AvgIpc) is 3.01. The van der Waals surface area contributed by atoms with Gasteiger partial charge in [0.15, 0.2) is 0 Å². The van der Waals surface area contributed by atoms with Crippen molar-refractivity contribution in [3.8, 4) is 11.5 Å². The van der Waals surface area contributed by atoms with E-state index in [1.54, 1.807) is 36.5 Å². The zero-order valence-corrected chi connectivity index (χ0v) is 15.5. The zero-order valence-electron chi connectivity index (χ0n) is 14.8. The van der Waals surface area contributed by atoms with E-state index in [1.165, 1.54) is 0 Å². The number of carbonyl (C=O) groups excluding carboxylic acids is 1. The van der Waals surface area contributed by atoms with Gasteiger partial charge < -0.3 is 9.32 Å². The average molecular weight is 370 g/mol. The van der Waals surface area contributed by atoms with E-state index in [0.717, 1.165) is 17.5 Å². The lowest BCUT2D eigenvalue weighted by Crippen LogP contribution is -2.30. The highest BCUT2D eigenvalue weighted by Crippen LogP contribution is 2.23. The third kappa shape index (κ3) is 4.49. The number of aromatic nitrogens is 2.